The quantitative estimate of drug-likeness (QED) is 0.866. The lowest BCUT2D eigenvalue weighted by Crippen LogP contribution is -2.50. The zero-order chi connectivity index (χ0) is 16.9. The highest BCUT2D eigenvalue weighted by atomic mass is 79.9. The Morgan fingerprint density at radius 1 is 1.46 bits per heavy atom. The van der Waals surface area contributed by atoms with Crippen molar-refractivity contribution in [2.75, 3.05) is 26.2 Å². The third-order valence-electron chi connectivity index (χ3n) is 3.88. The molecule has 0 bridgehead atoms. The first kappa shape index (κ1) is 16.9. The van der Waals surface area contributed by atoms with Crippen LogP contribution in [0.25, 0.3) is 0 Å². The normalized spacial score (nSPS) is 17.6. The number of piperazine rings is 1. The number of ether oxygens (including phenoxy) is 1. The molecule has 1 amide bonds. The molecule has 0 saturated carbocycles. The van der Waals surface area contributed by atoms with Gasteiger partial charge in [-0.2, -0.15) is 0 Å². The molecular weight excluding hydrogens is 377 g/mol. The maximum absolute atomic E-state index is 13.8. The third-order valence-corrected chi connectivity index (χ3v) is 4.37. The summed E-state index contributed by atoms with van der Waals surface area (Å²) in [5.41, 5.74) is 0.966. The van der Waals surface area contributed by atoms with Gasteiger partial charge in [-0.1, -0.05) is 22.0 Å². The van der Waals surface area contributed by atoms with Crippen molar-refractivity contribution >= 4 is 21.8 Å². The standard InChI is InChI=1S/C17H17BrFN3O2/c18-13-3-4-16(14(19)8-13)24-11-17(23)22-7-6-21-10-15(22)12-2-1-5-20-9-12/h1-5,8-9,15,21H,6-7,10-11H2. The van der Waals surface area contributed by atoms with E-state index in [1.54, 1.807) is 23.4 Å². The molecule has 0 spiro atoms. The lowest BCUT2D eigenvalue weighted by Gasteiger charge is -2.36. The van der Waals surface area contributed by atoms with Crippen LogP contribution < -0.4 is 10.1 Å². The van der Waals surface area contributed by atoms with E-state index in [9.17, 15) is 9.18 Å². The molecule has 3 rings (SSSR count). The van der Waals surface area contributed by atoms with Crippen LogP contribution in [0.2, 0.25) is 0 Å². The van der Waals surface area contributed by atoms with Gasteiger partial charge in [0, 0.05) is 36.5 Å². The highest BCUT2D eigenvalue weighted by Gasteiger charge is 2.28. The minimum Gasteiger partial charge on any atom is -0.481 e. The van der Waals surface area contributed by atoms with Crippen LogP contribution in [-0.4, -0.2) is 42.0 Å². The van der Waals surface area contributed by atoms with Crippen molar-refractivity contribution < 1.29 is 13.9 Å². The van der Waals surface area contributed by atoms with Crippen LogP contribution in [-0.2, 0) is 4.79 Å². The second-order valence-electron chi connectivity index (χ2n) is 5.46. The van der Waals surface area contributed by atoms with Gasteiger partial charge < -0.3 is 15.0 Å². The Morgan fingerprint density at radius 2 is 2.33 bits per heavy atom. The molecular formula is C17H17BrFN3O2. The molecule has 5 nitrogen and oxygen atoms in total. The van der Waals surface area contributed by atoms with E-state index in [1.165, 1.54) is 12.1 Å². The summed E-state index contributed by atoms with van der Waals surface area (Å²) in [5.74, 6) is -0.603. The zero-order valence-electron chi connectivity index (χ0n) is 12.9. The zero-order valence-corrected chi connectivity index (χ0v) is 14.5. The van der Waals surface area contributed by atoms with E-state index in [1.807, 2.05) is 12.1 Å². The molecule has 7 heteroatoms. The molecule has 126 valence electrons. The van der Waals surface area contributed by atoms with Crippen LogP contribution in [0.15, 0.2) is 47.2 Å². The number of hydrogen-bond donors (Lipinski definition) is 1. The monoisotopic (exact) mass is 393 g/mol. The second kappa shape index (κ2) is 7.72. The Bertz CT molecular complexity index is 714. The van der Waals surface area contributed by atoms with Gasteiger partial charge in [0.05, 0.1) is 6.04 Å². The lowest BCUT2D eigenvalue weighted by atomic mass is 10.1. The molecule has 1 atom stereocenters. The van der Waals surface area contributed by atoms with Crippen molar-refractivity contribution in [2.24, 2.45) is 0 Å². The molecule has 2 aromatic rings. The summed E-state index contributed by atoms with van der Waals surface area (Å²) in [6.45, 7) is 1.75. The van der Waals surface area contributed by atoms with Crippen molar-refractivity contribution in [3.8, 4) is 5.75 Å². The molecule has 1 unspecified atom stereocenters. The fourth-order valence-corrected chi connectivity index (χ4v) is 3.02. The van der Waals surface area contributed by atoms with E-state index in [0.717, 1.165) is 12.1 Å². The third kappa shape index (κ3) is 3.91. The lowest BCUT2D eigenvalue weighted by molar-refractivity contribution is -0.136. The molecule has 0 aliphatic carbocycles. The topological polar surface area (TPSA) is 54.5 Å². The smallest absolute Gasteiger partial charge is 0.261 e. The van der Waals surface area contributed by atoms with Crippen LogP contribution in [0.3, 0.4) is 0 Å². The fraction of sp³-hybridized carbons (Fsp3) is 0.294. The number of benzene rings is 1. The van der Waals surface area contributed by atoms with E-state index in [-0.39, 0.29) is 24.3 Å². The van der Waals surface area contributed by atoms with Gasteiger partial charge >= 0.3 is 0 Å². The van der Waals surface area contributed by atoms with Crippen molar-refractivity contribution in [1.29, 1.82) is 0 Å². The summed E-state index contributed by atoms with van der Waals surface area (Å²) >= 11 is 3.19. The first-order valence-corrected chi connectivity index (χ1v) is 8.42. The predicted octanol–water partition coefficient (Wildman–Crippen LogP) is 2.54. The SMILES string of the molecule is O=C(COc1ccc(Br)cc1F)N1CCNCC1c1cccnc1. The number of hydrogen-bond acceptors (Lipinski definition) is 4. The summed E-state index contributed by atoms with van der Waals surface area (Å²) in [7, 11) is 0. The van der Waals surface area contributed by atoms with Gasteiger partial charge in [0.25, 0.3) is 5.91 Å². The van der Waals surface area contributed by atoms with Gasteiger partial charge in [-0.3, -0.25) is 9.78 Å². The number of nitrogens with one attached hydrogen (secondary N) is 1. The minimum atomic E-state index is -0.499. The molecule has 1 aliphatic heterocycles. The van der Waals surface area contributed by atoms with E-state index in [2.05, 4.69) is 26.2 Å². The molecule has 1 N–H and O–H groups in total. The van der Waals surface area contributed by atoms with Crippen molar-refractivity contribution in [1.82, 2.24) is 15.2 Å². The van der Waals surface area contributed by atoms with Crippen molar-refractivity contribution in [3.63, 3.8) is 0 Å². The van der Waals surface area contributed by atoms with Gasteiger partial charge in [-0.25, -0.2) is 4.39 Å². The Hall–Kier alpha value is -1.99. The van der Waals surface area contributed by atoms with Gasteiger partial charge in [0.1, 0.15) is 0 Å². The van der Waals surface area contributed by atoms with Crippen LogP contribution in [0, 0.1) is 5.82 Å². The van der Waals surface area contributed by atoms with Crippen LogP contribution in [0.1, 0.15) is 11.6 Å². The number of carbonyl (C=O) groups is 1. The maximum Gasteiger partial charge on any atom is 0.261 e. The highest BCUT2D eigenvalue weighted by Crippen LogP contribution is 2.23. The first-order chi connectivity index (χ1) is 11.6. The Labute approximate surface area is 148 Å². The van der Waals surface area contributed by atoms with Crippen molar-refractivity contribution in [2.45, 2.75) is 6.04 Å². The fourth-order valence-electron chi connectivity index (χ4n) is 2.69. The summed E-state index contributed by atoms with van der Waals surface area (Å²) in [5, 5.41) is 3.28. The minimum absolute atomic E-state index is 0.0691. The number of halogens is 2. The van der Waals surface area contributed by atoms with Gasteiger partial charge in [0.2, 0.25) is 0 Å². The molecule has 24 heavy (non-hydrogen) atoms. The number of nitrogens with zero attached hydrogens (tertiary/aromatic N) is 2. The van der Waals surface area contributed by atoms with Gasteiger partial charge in [-0.05, 0) is 29.8 Å². The average Bonchev–Trinajstić information content (AvgIpc) is 2.61. The Kier molecular flexibility index (Phi) is 5.42. The molecule has 1 aromatic carbocycles. The van der Waals surface area contributed by atoms with Crippen LogP contribution >= 0.6 is 15.9 Å². The number of pyridine rings is 1. The van der Waals surface area contributed by atoms with Crippen molar-refractivity contribution in [3.05, 3.63) is 58.6 Å². The molecule has 2 heterocycles. The van der Waals surface area contributed by atoms with Gasteiger partial charge in [0.15, 0.2) is 18.2 Å². The van der Waals surface area contributed by atoms with Gasteiger partial charge in [-0.15, -0.1) is 0 Å². The molecule has 0 radical (unpaired) electrons. The largest absolute Gasteiger partial charge is 0.481 e. The first-order valence-electron chi connectivity index (χ1n) is 7.63. The summed E-state index contributed by atoms with van der Waals surface area (Å²) in [4.78, 5) is 18.4. The van der Waals surface area contributed by atoms with Crippen LogP contribution in [0.4, 0.5) is 4.39 Å². The van der Waals surface area contributed by atoms with E-state index >= 15 is 0 Å². The molecule has 1 aliphatic rings. The molecule has 1 saturated heterocycles. The number of carbonyl (C=O) groups excluding carboxylic acids is 1. The number of rotatable bonds is 4. The second-order valence-corrected chi connectivity index (χ2v) is 6.37. The Morgan fingerprint density at radius 3 is 3.08 bits per heavy atom. The summed E-state index contributed by atoms with van der Waals surface area (Å²) in [6.07, 6.45) is 3.46. The number of amides is 1. The highest BCUT2D eigenvalue weighted by molar-refractivity contribution is 9.10. The van der Waals surface area contributed by atoms with E-state index in [4.69, 9.17) is 4.74 Å². The number of aromatic nitrogens is 1. The predicted molar refractivity (Wildman–Crippen MR) is 91.2 cm³/mol. The average molecular weight is 394 g/mol. The van der Waals surface area contributed by atoms with E-state index < -0.39 is 5.82 Å². The van der Waals surface area contributed by atoms with E-state index in [0.29, 0.717) is 17.6 Å². The maximum atomic E-state index is 13.8. The molecule has 1 aromatic heterocycles. The van der Waals surface area contributed by atoms with Crippen LogP contribution in [0.5, 0.6) is 5.75 Å². The Balaban J connectivity index is 1.68. The summed E-state index contributed by atoms with van der Waals surface area (Å²) in [6, 6.07) is 8.18. The summed E-state index contributed by atoms with van der Waals surface area (Å²) < 4.78 is 19.8. The molecule has 1 fully saturated rings.